The molecule has 0 saturated heterocycles. The van der Waals surface area contributed by atoms with Crippen molar-refractivity contribution in [1.82, 2.24) is 4.90 Å². The first-order valence-electron chi connectivity index (χ1n) is 6.69. The maximum atomic E-state index is 11.8. The lowest BCUT2D eigenvalue weighted by atomic mass is 10.0. The third-order valence-electron chi connectivity index (χ3n) is 3.05. The molecule has 110 valence electrons. The van der Waals surface area contributed by atoms with E-state index in [1.807, 2.05) is 6.92 Å². The fourth-order valence-electron chi connectivity index (χ4n) is 1.85. The van der Waals surface area contributed by atoms with Crippen LogP contribution in [0.5, 0.6) is 0 Å². The van der Waals surface area contributed by atoms with Crippen LogP contribution < -0.4 is 0 Å². The fourth-order valence-corrected chi connectivity index (χ4v) is 1.85. The van der Waals surface area contributed by atoms with Gasteiger partial charge in [0.2, 0.25) is 5.91 Å². The van der Waals surface area contributed by atoms with Crippen LogP contribution in [0, 0.1) is 0 Å². The van der Waals surface area contributed by atoms with Gasteiger partial charge in [0.25, 0.3) is 0 Å². The number of hydrogen-bond donors (Lipinski definition) is 1. The second-order valence-electron chi connectivity index (χ2n) is 4.47. The van der Waals surface area contributed by atoms with E-state index in [1.165, 1.54) is 0 Å². The normalized spacial score (nSPS) is 10.3. The molecular formula is C15H21NO4. The van der Waals surface area contributed by atoms with Crippen molar-refractivity contribution in [3.8, 4) is 0 Å². The minimum Gasteiger partial charge on any atom is -0.478 e. The SMILES string of the molecule is CCOCCC(=O)N(C)CCc1ccccc1C(=O)O. The van der Waals surface area contributed by atoms with Crippen LogP contribution in [0.4, 0.5) is 0 Å². The first-order valence-corrected chi connectivity index (χ1v) is 6.69. The summed E-state index contributed by atoms with van der Waals surface area (Å²) in [6.45, 7) is 3.40. The third kappa shape index (κ3) is 5.01. The largest absolute Gasteiger partial charge is 0.478 e. The Morgan fingerprint density at radius 1 is 1.30 bits per heavy atom. The van der Waals surface area contributed by atoms with Gasteiger partial charge in [-0.25, -0.2) is 4.79 Å². The van der Waals surface area contributed by atoms with Gasteiger partial charge in [-0.1, -0.05) is 18.2 Å². The van der Waals surface area contributed by atoms with Crippen LogP contribution in [-0.4, -0.2) is 48.7 Å². The Bertz CT molecular complexity index is 459. The zero-order chi connectivity index (χ0) is 15.0. The van der Waals surface area contributed by atoms with Crippen molar-refractivity contribution in [3.05, 3.63) is 35.4 Å². The first-order chi connectivity index (χ1) is 9.56. The van der Waals surface area contributed by atoms with Gasteiger partial charge < -0.3 is 14.7 Å². The molecule has 0 bridgehead atoms. The van der Waals surface area contributed by atoms with Gasteiger partial charge in [0.1, 0.15) is 0 Å². The van der Waals surface area contributed by atoms with Crippen molar-refractivity contribution in [2.24, 2.45) is 0 Å². The van der Waals surface area contributed by atoms with E-state index in [0.717, 1.165) is 5.56 Å². The summed E-state index contributed by atoms with van der Waals surface area (Å²) in [4.78, 5) is 24.5. The number of amides is 1. The molecule has 0 spiro atoms. The number of nitrogens with zero attached hydrogens (tertiary/aromatic N) is 1. The van der Waals surface area contributed by atoms with Crippen molar-refractivity contribution < 1.29 is 19.4 Å². The van der Waals surface area contributed by atoms with Crippen LogP contribution in [0.25, 0.3) is 0 Å². The van der Waals surface area contributed by atoms with E-state index >= 15 is 0 Å². The summed E-state index contributed by atoms with van der Waals surface area (Å²) in [5, 5.41) is 9.09. The molecule has 1 rings (SSSR count). The maximum Gasteiger partial charge on any atom is 0.335 e. The Morgan fingerprint density at radius 3 is 2.65 bits per heavy atom. The lowest BCUT2D eigenvalue weighted by Crippen LogP contribution is -2.29. The predicted molar refractivity (Wildman–Crippen MR) is 75.9 cm³/mol. The molecule has 0 aromatic heterocycles. The summed E-state index contributed by atoms with van der Waals surface area (Å²) in [6.07, 6.45) is 0.879. The van der Waals surface area contributed by atoms with Crippen molar-refractivity contribution in [2.75, 3.05) is 26.8 Å². The number of aromatic carboxylic acids is 1. The van der Waals surface area contributed by atoms with Gasteiger partial charge in [-0.15, -0.1) is 0 Å². The highest BCUT2D eigenvalue weighted by Gasteiger charge is 2.12. The smallest absolute Gasteiger partial charge is 0.335 e. The van der Waals surface area contributed by atoms with Gasteiger partial charge in [0.05, 0.1) is 18.6 Å². The molecule has 0 radical (unpaired) electrons. The molecule has 1 aromatic rings. The number of carboxylic acid groups (broad SMARTS) is 1. The van der Waals surface area contributed by atoms with E-state index < -0.39 is 5.97 Å². The van der Waals surface area contributed by atoms with Crippen molar-refractivity contribution in [2.45, 2.75) is 19.8 Å². The van der Waals surface area contributed by atoms with Gasteiger partial charge in [-0.3, -0.25) is 4.79 Å². The van der Waals surface area contributed by atoms with Gasteiger partial charge in [-0.2, -0.15) is 0 Å². The van der Waals surface area contributed by atoms with E-state index in [1.54, 1.807) is 36.2 Å². The zero-order valence-corrected chi connectivity index (χ0v) is 12.0. The highest BCUT2D eigenvalue weighted by molar-refractivity contribution is 5.89. The molecule has 0 aliphatic carbocycles. The fraction of sp³-hybridized carbons (Fsp3) is 0.467. The van der Waals surface area contributed by atoms with E-state index in [0.29, 0.717) is 38.2 Å². The molecule has 0 atom stereocenters. The average molecular weight is 279 g/mol. The molecule has 0 saturated carbocycles. The summed E-state index contributed by atoms with van der Waals surface area (Å²) in [5.74, 6) is -0.933. The molecule has 5 nitrogen and oxygen atoms in total. The van der Waals surface area contributed by atoms with E-state index in [9.17, 15) is 9.59 Å². The van der Waals surface area contributed by atoms with Crippen LogP contribution in [-0.2, 0) is 16.0 Å². The topological polar surface area (TPSA) is 66.8 Å². The standard InChI is InChI=1S/C15H21NO4/c1-3-20-11-9-14(17)16(2)10-8-12-6-4-5-7-13(12)15(18)19/h4-7H,3,8-11H2,1-2H3,(H,18,19). The van der Waals surface area contributed by atoms with Crippen molar-refractivity contribution >= 4 is 11.9 Å². The molecule has 0 heterocycles. The number of hydrogen-bond acceptors (Lipinski definition) is 3. The molecule has 1 N–H and O–H groups in total. The van der Waals surface area contributed by atoms with Gasteiger partial charge in [-0.05, 0) is 25.0 Å². The minimum absolute atomic E-state index is 0.00579. The Hall–Kier alpha value is -1.88. The molecule has 20 heavy (non-hydrogen) atoms. The molecule has 0 aliphatic heterocycles. The third-order valence-corrected chi connectivity index (χ3v) is 3.05. The first kappa shape index (κ1) is 16.2. The Balaban J connectivity index is 2.50. The molecule has 1 aromatic carbocycles. The van der Waals surface area contributed by atoms with Crippen LogP contribution in [0.2, 0.25) is 0 Å². The molecule has 5 heteroatoms. The summed E-state index contributed by atoms with van der Waals surface area (Å²) < 4.78 is 5.14. The monoisotopic (exact) mass is 279 g/mol. The number of ether oxygens (including phenoxy) is 1. The lowest BCUT2D eigenvalue weighted by Gasteiger charge is -2.17. The van der Waals surface area contributed by atoms with Crippen molar-refractivity contribution in [3.63, 3.8) is 0 Å². The number of carboxylic acids is 1. The Labute approximate surface area is 119 Å². The highest BCUT2D eigenvalue weighted by Crippen LogP contribution is 2.10. The molecule has 0 unspecified atom stereocenters. The quantitative estimate of drug-likeness (QED) is 0.737. The molecule has 0 aliphatic rings. The van der Waals surface area contributed by atoms with Gasteiger partial charge in [0, 0.05) is 20.2 Å². The van der Waals surface area contributed by atoms with E-state index in [4.69, 9.17) is 9.84 Å². The van der Waals surface area contributed by atoms with Crippen LogP contribution >= 0.6 is 0 Å². The van der Waals surface area contributed by atoms with Gasteiger partial charge >= 0.3 is 5.97 Å². The lowest BCUT2D eigenvalue weighted by molar-refractivity contribution is -0.130. The number of benzene rings is 1. The maximum absolute atomic E-state index is 11.8. The van der Waals surface area contributed by atoms with Crippen LogP contribution in [0.15, 0.2) is 24.3 Å². The summed E-state index contributed by atoms with van der Waals surface area (Å²) in [5.41, 5.74) is 1.03. The summed E-state index contributed by atoms with van der Waals surface area (Å²) in [6, 6.07) is 6.86. The summed E-state index contributed by atoms with van der Waals surface area (Å²) >= 11 is 0. The van der Waals surface area contributed by atoms with Crippen LogP contribution in [0.1, 0.15) is 29.3 Å². The zero-order valence-electron chi connectivity index (χ0n) is 12.0. The number of carbonyl (C=O) groups excluding carboxylic acids is 1. The van der Waals surface area contributed by atoms with E-state index in [-0.39, 0.29) is 5.91 Å². The molecule has 0 fully saturated rings. The number of rotatable bonds is 8. The summed E-state index contributed by atoms with van der Waals surface area (Å²) in [7, 11) is 1.72. The van der Waals surface area contributed by atoms with Crippen LogP contribution in [0.3, 0.4) is 0 Å². The molecule has 1 amide bonds. The van der Waals surface area contributed by atoms with E-state index in [2.05, 4.69) is 0 Å². The second kappa shape index (κ2) is 8.32. The Kier molecular flexibility index (Phi) is 6.73. The highest BCUT2D eigenvalue weighted by atomic mass is 16.5. The average Bonchev–Trinajstić information content (AvgIpc) is 2.45. The number of carbonyl (C=O) groups is 2. The minimum atomic E-state index is -0.939. The predicted octanol–water partition coefficient (Wildman–Crippen LogP) is 1.81. The van der Waals surface area contributed by atoms with Crippen molar-refractivity contribution in [1.29, 1.82) is 0 Å². The molecular weight excluding hydrogens is 258 g/mol. The van der Waals surface area contributed by atoms with Gasteiger partial charge in [0.15, 0.2) is 0 Å². The number of likely N-dealkylation sites (N-methyl/N-ethyl adjacent to an activating group) is 1. The second-order valence-corrected chi connectivity index (χ2v) is 4.47. The Morgan fingerprint density at radius 2 is 2.00 bits per heavy atom.